The highest BCUT2D eigenvalue weighted by atomic mass is 15.2. The maximum atomic E-state index is 4.67. The lowest BCUT2D eigenvalue weighted by Crippen LogP contribution is -2.30. The average Bonchev–Trinajstić information content (AvgIpc) is 2.78. The molecule has 0 heterocycles. The molecule has 0 saturated carbocycles. The molecule has 4 aromatic carbocycles. The van der Waals surface area contributed by atoms with Crippen molar-refractivity contribution in [2.45, 2.75) is 0 Å². The molecule has 0 bridgehead atoms. The topological polar surface area (TPSA) is 15.6 Å². The molecule has 4 rings (SSSR count). The number of hydrogen-bond donors (Lipinski definition) is 0. The first-order valence-electron chi connectivity index (χ1n) is 9.34. The quantitative estimate of drug-likeness (QED) is 0.303. The van der Waals surface area contributed by atoms with Gasteiger partial charge in [0.2, 0.25) is 0 Å². The summed E-state index contributed by atoms with van der Waals surface area (Å²) in [4.78, 5) is 6.83. The van der Waals surface area contributed by atoms with Crippen LogP contribution in [-0.4, -0.2) is 12.9 Å². The van der Waals surface area contributed by atoms with Crippen molar-refractivity contribution in [1.82, 2.24) is 0 Å². The monoisotopic (exact) mass is 362 g/mol. The van der Waals surface area contributed by atoms with Gasteiger partial charge in [-0.05, 0) is 17.0 Å². The first-order chi connectivity index (χ1) is 13.8. The Labute approximate surface area is 166 Å². The molecule has 28 heavy (non-hydrogen) atoms. The third kappa shape index (κ3) is 3.33. The van der Waals surface area contributed by atoms with Crippen LogP contribution in [0, 0.1) is 0 Å². The van der Waals surface area contributed by atoms with Crippen molar-refractivity contribution in [2.75, 3.05) is 11.9 Å². The number of rotatable bonds is 4. The van der Waals surface area contributed by atoms with E-state index in [1.807, 2.05) is 43.4 Å². The summed E-state index contributed by atoms with van der Waals surface area (Å²) in [5.41, 5.74) is 4.07. The van der Waals surface area contributed by atoms with Crippen LogP contribution in [-0.2, 0) is 0 Å². The molecule has 0 aliphatic carbocycles. The molecule has 136 valence electrons. The van der Waals surface area contributed by atoms with Crippen LogP contribution in [0.1, 0.15) is 11.1 Å². The van der Waals surface area contributed by atoms with E-state index < -0.39 is 0 Å². The minimum Gasteiger partial charge on any atom is -0.294 e. The molecule has 0 atom stereocenters. The number of aliphatic imine (C=N–C) groups is 1. The van der Waals surface area contributed by atoms with E-state index in [-0.39, 0.29) is 0 Å². The molecule has 2 heteroatoms. The number of amidine groups is 1. The maximum Gasteiger partial charge on any atom is 0.139 e. The molecule has 4 aromatic rings. The van der Waals surface area contributed by atoms with Crippen molar-refractivity contribution in [3.63, 3.8) is 0 Å². The van der Waals surface area contributed by atoms with Gasteiger partial charge in [-0.25, -0.2) is 0 Å². The first-order valence-corrected chi connectivity index (χ1v) is 9.34. The van der Waals surface area contributed by atoms with E-state index in [1.165, 1.54) is 10.8 Å². The van der Waals surface area contributed by atoms with Crippen molar-refractivity contribution >= 4 is 28.0 Å². The number of fused-ring (bicyclic) bond motifs is 1. The molecule has 0 spiro atoms. The Kier molecular flexibility index (Phi) is 5.03. The SMILES string of the molecule is C=C(c1ccccc1)N(C(=NC)c1ccccc1)c1cccc2ccccc12. The van der Waals surface area contributed by atoms with Gasteiger partial charge in [-0.2, -0.15) is 0 Å². The highest BCUT2D eigenvalue weighted by Crippen LogP contribution is 2.33. The van der Waals surface area contributed by atoms with Crippen molar-refractivity contribution in [3.8, 4) is 0 Å². The maximum absolute atomic E-state index is 4.67. The summed E-state index contributed by atoms with van der Waals surface area (Å²) >= 11 is 0. The summed E-state index contributed by atoms with van der Waals surface area (Å²) in [7, 11) is 1.83. The van der Waals surface area contributed by atoms with Gasteiger partial charge in [0, 0.05) is 23.7 Å². The fraction of sp³-hybridized carbons (Fsp3) is 0.0385. The average molecular weight is 362 g/mol. The lowest BCUT2D eigenvalue weighted by Gasteiger charge is -2.29. The van der Waals surface area contributed by atoms with Crippen molar-refractivity contribution in [1.29, 1.82) is 0 Å². The zero-order valence-electron chi connectivity index (χ0n) is 15.9. The molecule has 0 N–H and O–H groups in total. The summed E-state index contributed by atoms with van der Waals surface area (Å²) < 4.78 is 0. The standard InChI is InChI=1S/C26H22N2/c1-20(21-12-5-3-6-13-21)28(26(27-2)23-15-7-4-8-16-23)25-19-11-17-22-14-9-10-18-24(22)25/h3-19H,1H2,2H3. The minimum absolute atomic E-state index is 0.866. The predicted octanol–water partition coefficient (Wildman–Crippen LogP) is 6.39. The Balaban J connectivity index is 1.95. The van der Waals surface area contributed by atoms with Crippen LogP contribution in [0.3, 0.4) is 0 Å². The third-order valence-electron chi connectivity index (χ3n) is 4.84. The van der Waals surface area contributed by atoms with Crippen molar-refractivity contribution < 1.29 is 0 Å². The summed E-state index contributed by atoms with van der Waals surface area (Å²) in [5, 5.41) is 2.36. The number of benzene rings is 4. The Bertz CT molecular complexity index is 1120. The summed E-state index contributed by atoms with van der Waals surface area (Å²) in [6.07, 6.45) is 0. The van der Waals surface area contributed by atoms with E-state index in [2.05, 4.69) is 83.2 Å². The molecular formula is C26H22N2. The second-order valence-corrected chi connectivity index (χ2v) is 6.56. The highest BCUT2D eigenvalue weighted by Gasteiger charge is 2.21. The van der Waals surface area contributed by atoms with Crippen LogP contribution >= 0.6 is 0 Å². The third-order valence-corrected chi connectivity index (χ3v) is 4.84. The van der Waals surface area contributed by atoms with Gasteiger partial charge in [0.25, 0.3) is 0 Å². The lowest BCUT2D eigenvalue weighted by atomic mass is 10.0. The van der Waals surface area contributed by atoms with E-state index in [4.69, 9.17) is 0 Å². The molecule has 0 aromatic heterocycles. The van der Waals surface area contributed by atoms with Crippen molar-refractivity contribution in [3.05, 3.63) is 121 Å². The fourth-order valence-corrected chi connectivity index (χ4v) is 3.50. The molecule has 0 unspecified atom stereocenters. The Morgan fingerprint density at radius 3 is 1.93 bits per heavy atom. The van der Waals surface area contributed by atoms with Crippen LogP contribution in [0.2, 0.25) is 0 Å². The van der Waals surface area contributed by atoms with Crippen LogP contribution < -0.4 is 4.90 Å². The molecule has 0 aliphatic heterocycles. The molecule has 0 amide bonds. The number of nitrogens with zero attached hydrogens (tertiary/aromatic N) is 2. The van der Waals surface area contributed by atoms with Gasteiger partial charge < -0.3 is 0 Å². The van der Waals surface area contributed by atoms with Gasteiger partial charge in [-0.1, -0.05) is 104 Å². The van der Waals surface area contributed by atoms with Gasteiger partial charge >= 0.3 is 0 Å². The Hall–Kier alpha value is -3.65. The van der Waals surface area contributed by atoms with E-state index in [9.17, 15) is 0 Å². The second kappa shape index (κ2) is 7.93. The molecule has 0 aliphatic rings. The molecular weight excluding hydrogens is 340 g/mol. The smallest absolute Gasteiger partial charge is 0.139 e. The lowest BCUT2D eigenvalue weighted by molar-refractivity contribution is 1.30. The summed E-state index contributed by atoms with van der Waals surface area (Å²) in [6.45, 7) is 4.45. The van der Waals surface area contributed by atoms with E-state index in [1.54, 1.807) is 0 Å². The van der Waals surface area contributed by atoms with Gasteiger partial charge in [0.05, 0.1) is 5.69 Å². The molecule has 0 fully saturated rings. The van der Waals surface area contributed by atoms with Crippen LogP contribution in [0.4, 0.5) is 5.69 Å². The van der Waals surface area contributed by atoms with Gasteiger partial charge in [-0.15, -0.1) is 0 Å². The van der Waals surface area contributed by atoms with E-state index >= 15 is 0 Å². The van der Waals surface area contributed by atoms with Crippen LogP contribution in [0.15, 0.2) is 115 Å². The first kappa shape index (κ1) is 17.7. The summed E-state index contributed by atoms with van der Waals surface area (Å²) in [5.74, 6) is 0.866. The van der Waals surface area contributed by atoms with E-state index in [0.717, 1.165) is 28.3 Å². The normalized spacial score (nSPS) is 11.4. The Morgan fingerprint density at radius 2 is 1.25 bits per heavy atom. The number of hydrogen-bond acceptors (Lipinski definition) is 1. The van der Waals surface area contributed by atoms with Gasteiger partial charge in [-0.3, -0.25) is 9.89 Å². The Morgan fingerprint density at radius 1 is 0.679 bits per heavy atom. The highest BCUT2D eigenvalue weighted by molar-refractivity contribution is 6.20. The summed E-state index contributed by atoms with van der Waals surface area (Å²) in [6, 6.07) is 35.3. The van der Waals surface area contributed by atoms with Gasteiger partial charge in [0.15, 0.2) is 0 Å². The molecule has 0 saturated heterocycles. The largest absolute Gasteiger partial charge is 0.294 e. The van der Waals surface area contributed by atoms with Crippen molar-refractivity contribution in [2.24, 2.45) is 4.99 Å². The zero-order chi connectivity index (χ0) is 19.3. The van der Waals surface area contributed by atoms with E-state index in [0.29, 0.717) is 0 Å². The van der Waals surface area contributed by atoms with Crippen LogP contribution in [0.5, 0.6) is 0 Å². The minimum atomic E-state index is 0.866. The van der Waals surface area contributed by atoms with Crippen LogP contribution in [0.25, 0.3) is 16.5 Å². The fourth-order valence-electron chi connectivity index (χ4n) is 3.50. The molecule has 0 radical (unpaired) electrons. The van der Waals surface area contributed by atoms with Gasteiger partial charge in [0.1, 0.15) is 5.84 Å². The number of anilines is 1. The predicted molar refractivity (Wildman–Crippen MR) is 121 cm³/mol. The molecule has 2 nitrogen and oxygen atoms in total. The zero-order valence-corrected chi connectivity index (χ0v) is 15.9. The second-order valence-electron chi connectivity index (χ2n) is 6.56.